The van der Waals surface area contributed by atoms with Gasteiger partial charge in [-0.3, -0.25) is 9.59 Å². The van der Waals surface area contributed by atoms with Crippen molar-refractivity contribution in [1.82, 2.24) is 4.57 Å². The summed E-state index contributed by atoms with van der Waals surface area (Å²) in [5.41, 5.74) is 2.66. The van der Waals surface area contributed by atoms with Gasteiger partial charge in [0.1, 0.15) is 5.69 Å². The van der Waals surface area contributed by atoms with Gasteiger partial charge in [0.25, 0.3) is 0 Å². The van der Waals surface area contributed by atoms with Crippen molar-refractivity contribution in [3.8, 4) is 11.3 Å². The number of nitrogens with zero attached hydrogens (tertiary/aromatic N) is 1. The standard InChI is InChI=1S/C20H19NO4/c1-5-25-20(24)17-15-14(18(22)11(2)12(3)19(15)23)16(21(17)4)13-9-7-6-8-10-13/h6-10H,5H2,1-4H3. The molecule has 0 saturated carbocycles. The molecule has 0 fully saturated rings. The second-order valence-corrected chi connectivity index (χ2v) is 6.00. The largest absolute Gasteiger partial charge is 0.461 e. The summed E-state index contributed by atoms with van der Waals surface area (Å²) in [5.74, 6) is -1.12. The summed E-state index contributed by atoms with van der Waals surface area (Å²) in [6, 6.07) is 9.27. The first kappa shape index (κ1) is 16.9. The Morgan fingerprint density at radius 1 is 1.00 bits per heavy atom. The Kier molecular flexibility index (Phi) is 4.17. The van der Waals surface area contributed by atoms with Crippen LogP contribution in [0.5, 0.6) is 0 Å². The number of carbonyl (C=O) groups is 3. The van der Waals surface area contributed by atoms with Crippen LogP contribution in [-0.4, -0.2) is 28.7 Å². The molecule has 25 heavy (non-hydrogen) atoms. The van der Waals surface area contributed by atoms with E-state index in [1.807, 2.05) is 30.3 Å². The average molecular weight is 337 g/mol. The average Bonchev–Trinajstić information content (AvgIpc) is 2.92. The lowest BCUT2D eigenvalue weighted by molar-refractivity contribution is 0.0512. The summed E-state index contributed by atoms with van der Waals surface area (Å²) < 4.78 is 6.73. The van der Waals surface area contributed by atoms with Gasteiger partial charge in [-0.2, -0.15) is 0 Å². The summed E-state index contributed by atoms with van der Waals surface area (Å²) >= 11 is 0. The van der Waals surface area contributed by atoms with Crippen molar-refractivity contribution in [1.29, 1.82) is 0 Å². The number of ketones is 2. The van der Waals surface area contributed by atoms with Crippen LogP contribution in [0.2, 0.25) is 0 Å². The number of hydrogen-bond acceptors (Lipinski definition) is 4. The number of benzene rings is 1. The van der Waals surface area contributed by atoms with E-state index < -0.39 is 5.97 Å². The topological polar surface area (TPSA) is 65.4 Å². The second kappa shape index (κ2) is 6.16. The molecule has 0 spiro atoms. The fourth-order valence-electron chi connectivity index (χ4n) is 3.21. The maximum absolute atomic E-state index is 12.9. The molecule has 3 rings (SSSR count). The summed E-state index contributed by atoms with van der Waals surface area (Å²) in [6.45, 7) is 5.15. The van der Waals surface area contributed by atoms with Crippen LogP contribution in [0.15, 0.2) is 41.5 Å². The van der Waals surface area contributed by atoms with E-state index in [4.69, 9.17) is 4.74 Å². The Morgan fingerprint density at radius 2 is 1.56 bits per heavy atom. The highest BCUT2D eigenvalue weighted by molar-refractivity contribution is 6.31. The smallest absolute Gasteiger partial charge is 0.355 e. The van der Waals surface area contributed by atoms with Crippen molar-refractivity contribution < 1.29 is 19.1 Å². The molecule has 0 radical (unpaired) electrons. The van der Waals surface area contributed by atoms with Crippen LogP contribution in [0.3, 0.4) is 0 Å². The lowest BCUT2D eigenvalue weighted by Gasteiger charge is -2.15. The molecule has 2 aromatic rings. The molecule has 1 aromatic carbocycles. The number of aromatic nitrogens is 1. The van der Waals surface area contributed by atoms with Gasteiger partial charge in [0.2, 0.25) is 0 Å². The number of Topliss-reactive ketones (excluding diaryl/α,β-unsaturated/α-hetero) is 2. The zero-order valence-corrected chi connectivity index (χ0v) is 14.7. The Hall–Kier alpha value is -2.95. The van der Waals surface area contributed by atoms with E-state index in [0.717, 1.165) is 5.56 Å². The third-order valence-electron chi connectivity index (χ3n) is 4.61. The van der Waals surface area contributed by atoms with Crippen LogP contribution >= 0.6 is 0 Å². The van der Waals surface area contributed by atoms with Crippen molar-refractivity contribution in [2.24, 2.45) is 7.05 Å². The van der Waals surface area contributed by atoms with Gasteiger partial charge in [0.05, 0.1) is 23.4 Å². The molecule has 5 heteroatoms. The van der Waals surface area contributed by atoms with Crippen molar-refractivity contribution in [3.05, 3.63) is 58.3 Å². The molecule has 1 aliphatic rings. The van der Waals surface area contributed by atoms with Gasteiger partial charge in [0.15, 0.2) is 11.6 Å². The van der Waals surface area contributed by atoms with E-state index in [2.05, 4.69) is 0 Å². The van der Waals surface area contributed by atoms with Gasteiger partial charge in [-0.25, -0.2) is 4.79 Å². The third kappa shape index (κ3) is 2.43. The number of rotatable bonds is 3. The zero-order chi connectivity index (χ0) is 18.3. The highest BCUT2D eigenvalue weighted by atomic mass is 16.5. The SMILES string of the molecule is CCOC(=O)c1c2c(c(-c3ccccc3)n1C)C(=O)C(C)=C(C)C2=O. The van der Waals surface area contributed by atoms with Crippen LogP contribution in [0.25, 0.3) is 11.3 Å². The molecule has 0 bridgehead atoms. The first-order valence-electron chi connectivity index (χ1n) is 8.12. The molecule has 0 aliphatic heterocycles. The predicted octanol–water partition coefficient (Wildman–Crippen LogP) is 3.58. The fraction of sp³-hybridized carbons (Fsp3) is 0.250. The Bertz CT molecular complexity index is 932. The second-order valence-electron chi connectivity index (χ2n) is 6.00. The van der Waals surface area contributed by atoms with Crippen LogP contribution in [0, 0.1) is 0 Å². The molecule has 128 valence electrons. The first-order chi connectivity index (χ1) is 11.9. The normalized spacial score (nSPS) is 13.9. The maximum Gasteiger partial charge on any atom is 0.355 e. The summed E-state index contributed by atoms with van der Waals surface area (Å²) in [6.07, 6.45) is 0. The van der Waals surface area contributed by atoms with Gasteiger partial charge < -0.3 is 9.30 Å². The molecule has 0 atom stereocenters. The number of hydrogen-bond donors (Lipinski definition) is 0. The Morgan fingerprint density at radius 3 is 2.12 bits per heavy atom. The van der Waals surface area contributed by atoms with Gasteiger partial charge >= 0.3 is 5.97 Å². The van der Waals surface area contributed by atoms with E-state index in [-0.39, 0.29) is 35.0 Å². The summed E-state index contributed by atoms with van der Waals surface area (Å²) in [4.78, 5) is 38.3. The van der Waals surface area contributed by atoms with Crippen LogP contribution < -0.4 is 0 Å². The minimum atomic E-state index is -0.600. The number of carbonyl (C=O) groups excluding carboxylic acids is 3. The van der Waals surface area contributed by atoms with E-state index in [1.54, 1.807) is 32.4 Å². The number of esters is 1. The van der Waals surface area contributed by atoms with E-state index >= 15 is 0 Å². The molecule has 0 N–H and O–H groups in total. The molecule has 0 amide bonds. The molecular weight excluding hydrogens is 318 g/mol. The van der Waals surface area contributed by atoms with Gasteiger partial charge in [-0.1, -0.05) is 30.3 Å². The van der Waals surface area contributed by atoms with Crippen molar-refractivity contribution in [2.45, 2.75) is 20.8 Å². The lowest BCUT2D eigenvalue weighted by Crippen LogP contribution is -2.21. The molecule has 0 unspecified atom stereocenters. The van der Waals surface area contributed by atoms with Crippen LogP contribution in [0.1, 0.15) is 52.0 Å². The van der Waals surface area contributed by atoms with Crippen molar-refractivity contribution in [3.63, 3.8) is 0 Å². The predicted molar refractivity (Wildman–Crippen MR) is 93.8 cm³/mol. The summed E-state index contributed by atoms with van der Waals surface area (Å²) in [5, 5.41) is 0. The van der Waals surface area contributed by atoms with Gasteiger partial charge in [-0.15, -0.1) is 0 Å². The van der Waals surface area contributed by atoms with Crippen LogP contribution in [-0.2, 0) is 11.8 Å². The zero-order valence-electron chi connectivity index (χ0n) is 14.7. The quantitative estimate of drug-likeness (QED) is 0.803. The minimum Gasteiger partial charge on any atom is -0.461 e. The molecule has 1 heterocycles. The van der Waals surface area contributed by atoms with Crippen molar-refractivity contribution >= 4 is 17.5 Å². The number of allylic oxidation sites excluding steroid dienone is 2. The molecular formula is C20H19NO4. The monoisotopic (exact) mass is 337 g/mol. The molecule has 1 aromatic heterocycles. The third-order valence-corrected chi connectivity index (χ3v) is 4.61. The Balaban J connectivity index is 2.40. The van der Waals surface area contributed by atoms with E-state index in [0.29, 0.717) is 16.8 Å². The van der Waals surface area contributed by atoms with Crippen molar-refractivity contribution in [2.75, 3.05) is 6.61 Å². The highest BCUT2D eigenvalue weighted by Crippen LogP contribution is 2.38. The van der Waals surface area contributed by atoms with Gasteiger partial charge in [0, 0.05) is 18.2 Å². The van der Waals surface area contributed by atoms with Gasteiger partial charge in [-0.05, 0) is 26.3 Å². The molecule has 1 aliphatic carbocycles. The summed E-state index contributed by atoms with van der Waals surface area (Å²) in [7, 11) is 1.68. The Labute approximate surface area is 145 Å². The number of fused-ring (bicyclic) bond motifs is 1. The minimum absolute atomic E-state index is 0.126. The maximum atomic E-state index is 12.9. The van der Waals surface area contributed by atoms with Crippen LogP contribution in [0.4, 0.5) is 0 Å². The first-order valence-corrected chi connectivity index (χ1v) is 8.12. The molecule has 0 saturated heterocycles. The lowest BCUT2D eigenvalue weighted by atomic mass is 9.84. The number of ether oxygens (including phenoxy) is 1. The molecule has 5 nitrogen and oxygen atoms in total. The highest BCUT2D eigenvalue weighted by Gasteiger charge is 2.38. The van der Waals surface area contributed by atoms with E-state index in [1.165, 1.54) is 0 Å². The fourth-order valence-corrected chi connectivity index (χ4v) is 3.21. The van der Waals surface area contributed by atoms with E-state index in [9.17, 15) is 14.4 Å².